The van der Waals surface area contributed by atoms with Gasteiger partial charge >= 0.3 is 0 Å². The monoisotopic (exact) mass is 343 g/mol. The van der Waals surface area contributed by atoms with E-state index < -0.39 is 11.6 Å². The molecule has 2 aromatic carbocycles. The van der Waals surface area contributed by atoms with Gasteiger partial charge in [-0.1, -0.05) is 17.7 Å². The molecule has 0 N–H and O–H groups in total. The van der Waals surface area contributed by atoms with E-state index in [2.05, 4.69) is 15.9 Å². The Labute approximate surface area is 121 Å². The lowest BCUT2D eigenvalue weighted by atomic mass is 10.2. The maximum atomic E-state index is 13.9. The van der Waals surface area contributed by atoms with Gasteiger partial charge in [0.25, 0.3) is 0 Å². The molecule has 2 aromatic rings. The topological polar surface area (TPSA) is 33.0 Å². The van der Waals surface area contributed by atoms with Gasteiger partial charge in [0, 0.05) is 0 Å². The normalized spacial score (nSPS) is 10.1. The quantitative estimate of drug-likeness (QED) is 0.764. The highest BCUT2D eigenvalue weighted by molar-refractivity contribution is 9.10. The van der Waals surface area contributed by atoms with Crippen LogP contribution < -0.4 is 4.74 Å². The lowest BCUT2D eigenvalue weighted by Crippen LogP contribution is -1.94. The Bertz CT molecular complexity index is 685. The fourth-order valence-electron chi connectivity index (χ4n) is 1.38. The average Bonchev–Trinajstić information content (AvgIpc) is 2.40. The number of hydrogen-bond donors (Lipinski definition) is 0. The first-order valence-corrected chi connectivity index (χ1v) is 6.21. The Kier molecular flexibility index (Phi) is 4.03. The Morgan fingerprint density at radius 1 is 1.11 bits per heavy atom. The van der Waals surface area contributed by atoms with Crippen LogP contribution in [0.15, 0.2) is 34.8 Å². The molecule has 0 fully saturated rings. The van der Waals surface area contributed by atoms with E-state index in [1.807, 2.05) is 6.07 Å². The SMILES string of the molecule is N#Cc1ccc(Oc2cccc(Cl)c2F)c(F)c1Br. The van der Waals surface area contributed by atoms with E-state index in [4.69, 9.17) is 21.6 Å². The average molecular weight is 345 g/mol. The van der Waals surface area contributed by atoms with Crippen LogP contribution in [0.3, 0.4) is 0 Å². The lowest BCUT2D eigenvalue weighted by molar-refractivity contribution is 0.413. The molecule has 0 saturated heterocycles. The number of ether oxygens (including phenoxy) is 1. The fraction of sp³-hybridized carbons (Fsp3) is 0. The van der Waals surface area contributed by atoms with Crippen LogP contribution in [-0.2, 0) is 0 Å². The maximum Gasteiger partial charge on any atom is 0.184 e. The summed E-state index contributed by atoms with van der Waals surface area (Å²) < 4.78 is 32.6. The molecule has 0 amide bonds. The number of nitriles is 1. The van der Waals surface area contributed by atoms with E-state index in [1.165, 1.54) is 30.3 Å². The second-order valence-corrected chi connectivity index (χ2v) is 4.71. The van der Waals surface area contributed by atoms with Crippen LogP contribution in [0, 0.1) is 23.0 Å². The van der Waals surface area contributed by atoms with E-state index in [0.717, 1.165) is 0 Å². The van der Waals surface area contributed by atoms with Crippen LogP contribution in [0.1, 0.15) is 5.56 Å². The van der Waals surface area contributed by atoms with Crippen molar-refractivity contribution in [2.45, 2.75) is 0 Å². The van der Waals surface area contributed by atoms with E-state index in [1.54, 1.807) is 0 Å². The molecule has 0 bridgehead atoms. The van der Waals surface area contributed by atoms with Gasteiger partial charge in [0.05, 0.1) is 15.1 Å². The zero-order valence-corrected chi connectivity index (χ0v) is 11.6. The van der Waals surface area contributed by atoms with Crippen molar-refractivity contribution >= 4 is 27.5 Å². The first kappa shape index (κ1) is 13.8. The molecule has 0 aliphatic rings. The highest BCUT2D eigenvalue weighted by Crippen LogP contribution is 2.33. The van der Waals surface area contributed by atoms with Crippen molar-refractivity contribution < 1.29 is 13.5 Å². The van der Waals surface area contributed by atoms with Gasteiger partial charge in [0.15, 0.2) is 23.1 Å². The molecule has 0 unspecified atom stereocenters. The molecular formula is C13H5BrClF2NO. The van der Waals surface area contributed by atoms with E-state index >= 15 is 0 Å². The Balaban J connectivity index is 2.43. The number of rotatable bonds is 2. The Morgan fingerprint density at radius 3 is 2.47 bits per heavy atom. The zero-order valence-electron chi connectivity index (χ0n) is 9.25. The molecule has 0 saturated carbocycles. The van der Waals surface area contributed by atoms with Gasteiger partial charge < -0.3 is 4.74 Å². The van der Waals surface area contributed by atoms with Crippen molar-refractivity contribution in [3.8, 4) is 17.6 Å². The molecule has 0 aliphatic heterocycles. The molecule has 0 aliphatic carbocycles. The van der Waals surface area contributed by atoms with E-state index in [-0.39, 0.29) is 26.6 Å². The molecular weight excluding hydrogens is 340 g/mol. The van der Waals surface area contributed by atoms with Crippen LogP contribution in [0.4, 0.5) is 8.78 Å². The summed E-state index contributed by atoms with van der Waals surface area (Å²) >= 11 is 8.54. The third-order valence-electron chi connectivity index (χ3n) is 2.30. The second kappa shape index (κ2) is 5.55. The van der Waals surface area contributed by atoms with Crippen molar-refractivity contribution in [2.24, 2.45) is 0 Å². The molecule has 0 aromatic heterocycles. The van der Waals surface area contributed by atoms with Crippen molar-refractivity contribution in [2.75, 3.05) is 0 Å². The third kappa shape index (κ3) is 2.70. The lowest BCUT2D eigenvalue weighted by Gasteiger charge is -2.09. The summed E-state index contributed by atoms with van der Waals surface area (Å²) in [6, 6.07) is 8.59. The zero-order chi connectivity index (χ0) is 14.0. The molecule has 19 heavy (non-hydrogen) atoms. The summed E-state index contributed by atoms with van der Waals surface area (Å²) in [5, 5.41) is 8.62. The predicted molar refractivity (Wildman–Crippen MR) is 70.3 cm³/mol. The maximum absolute atomic E-state index is 13.9. The van der Waals surface area contributed by atoms with Crippen LogP contribution in [-0.4, -0.2) is 0 Å². The molecule has 2 rings (SSSR count). The minimum Gasteiger partial charge on any atom is -0.451 e. The standard InChI is InChI=1S/C13H5BrClF2NO/c14-11-7(6-18)4-5-10(13(11)17)19-9-3-1-2-8(15)12(9)16/h1-5H. The first-order valence-electron chi connectivity index (χ1n) is 5.04. The smallest absolute Gasteiger partial charge is 0.184 e. The fourth-order valence-corrected chi connectivity index (χ4v) is 1.96. The van der Waals surface area contributed by atoms with Crippen molar-refractivity contribution in [3.63, 3.8) is 0 Å². The van der Waals surface area contributed by atoms with Gasteiger partial charge in [-0.3, -0.25) is 0 Å². The molecule has 0 heterocycles. The first-order chi connectivity index (χ1) is 9.04. The predicted octanol–water partition coefficient (Wildman–Crippen LogP) is 5.04. The summed E-state index contributed by atoms with van der Waals surface area (Å²) in [5.41, 5.74) is 0.122. The Morgan fingerprint density at radius 2 is 1.79 bits per heavy atom. The highest BCUT2D eigenvalue weighted by atomic mass is 79.9. The van der Waals surface area contributed by atoms with Crippen molar-refractivity contribution in [3.05, 3.63) is 57.0 Å². The molecule has 0 radical (unpaired) electrons. The van der Waals surface area contributed by atoms with E-state index in [9.17, 15) is 8.78 Å². The summed E-state index contributed by atoms with van der Waals surface area (Å²) in [5.74, 6) is -1.95. The summed E-state index contributed by atoms with van der Waals surface area (Å²) in [4.78, 5) is 0. The molecule has 2 nitrogen and oxygen atoms in total. The number of benzene rings is 2. The van der Waals surface area contributed by atoms with Gasteiger partial charge in [-0.05, 0) is 40.2 Å². The van der Waals surface area contributed by atoms with Crippen LogP contribution >= 0.6 is 27.5 Å². The highest BCUT2D eigenvalue weighted by Gasteiger charge is 2.15. The van der Waals surface area contributed by atoms with Crippen LogP contribution in [0.5, 0.6) is 11.5 Å². The molecule has 96 valence electrons. The summed E-state index contributed by atoms with van der Waals surface area (Å²) in [7, 11) is 0. The Hall–Kier alpha value is -1.64. The number of nitrogens with zero attached hydrogens (tertiary/aromatic N) is 1. The molecule has 0 atom stereocenters. The largest absolute Gasteiger partial charge is 0.451 e. The van der Waals surface area contributed by atoms with Gasteiger partial charge in [-0.15, -0.1) is 0 Å². The molecule has 6 heteroatoms. The summed E-state index contributed by atoms with van der Waals surface area (Å²) in [6.07, 6.45) is 0. The minimum absolute atomic E-state index is 0.0325. The third-order valence-corrected chi connectivity index (χ3v) is 3.37. The second-order valence-electron chi connectivity index (χ2n) is 3.51. The van der Waals surface area contributed by atoms with Gasteiger partial charge in [0.2, 0.25) is 0 Å². The minimum atomic E-state index is -0.779. The van der Waals surface area contributed by atoms with Gasteiger partial charge in [-0.2, -0.15) is 5.26 Å². The van der Waals surface area contributed by atoms with Gasteiger partial charge in [-0.25, -0.2) is 8.78 Å². The number of hydrogen-bond acceptors (Lipinski definition) is 2. The number of halogens is 4. The summed E-state index contributed by atoms with van der Waals surface area (Å²) in [6.45, 7) is 0. The van der Waals surface area contributed by atoms with Crippen LogP contribution in [0.25, 0.3) is 0 Å². The van der Waals surface area contributed by atoms with Crippen molar-refractivity contribution in [1.29, 1.82) is 5.26 Å². The van der Waals surface area contributed by atoms with Crippen molar-refractivity contribution in [1.82, 2.24) is 0 Å². The molecule has 0 spiro atoms. The van der Waals surface area contributed by atoms with E-state index in [0.29, 0.717) is 0 Å². The van der Waals surface area contributed by atoms with Gasteiger partial charge in [0.1, 0.15) is 6.07 Å². The van der Waals surface area contributed by atoms with Crippen LogP contribution in [0.2, 0.25) is 5.02 Å².